The normalized spacial score (nSPS) is 27.7. The second-order valence-electron chi connectivity index (χ2n) is 14.0. The van der Waals surface area contributed by atoms with Crippen molar-refractivity contribution in [2.75, 3.05) is 39.9 Å². The fraction of sp³-hybridized carbons (Fsp3) is 0.474. The number of carboxylic acids is 1. The molecular formula is C38H42F4N2O5. The number of hydrogen-bond donors (Lipinski definition) is 2. The van der Waals surface area contributed by atoms with Gasteiger partial charge in [0.15, 0.2) is 0 Å². The highest BCUT2D eigenvalue weighted by atomic mass is 19.4. The number of aliphatic hydroxyl groups is 1. The smallest absolute Gasteiger partial charge is 0.416 e. The number of hydrogen-bond acceptors (Lipinski definition) is 5. The van der Waals surface area contributed by atoms with Gasteiger partial charge in [-0.05, 0) is 90.3 Å². The van der Waals surface area contributed by atoms with Crippen molar-refractivity contribution < 1.29 is 42.1 Å². The standard InChI is InChI=1S/C38H42F4N2O5/c1-23-3-12-29(13-4-23)44-20-34(25-9-14-30(49-2)15-10-25)37(39,22-44)36(48)43-18-27(21-45)33(19-43)31-16-11-28(38(40,41)42)17-32(31)24-5-7-26(8-6-24)35(46)47/h5-11,14-17,23,27,29,33-34,45H,3-4,12-13,18-22H2,1-2H3,(H,46,47)/t23?,27-,29?,33+,34+,37+/m1/s1. The maximum atomic E-state index is 17.7. The third kappa shape index (κ3) is 6.92. The molecular weight excluding hydrogens is 640 g/mol. The molecule has 0 spiro atoms. The van der Waals surface area contributed by atoms with Crippen LogP contribution in [0, 0.1) is 11.8 Å². The van der Waals surface area contributed by atoms with Crippen molar-refractivity contribution in [3.8, 4) is 16.9 Å². The third-order valence-electron chi connectivity index (χ3n) is 11.0. The van der Waals surface area contributed by atoms with E-state index in [9.17, 15) is 33.0 Å². The van der Waals surface area contributed by atoms with Gasteiger partial charge in [-0.25, -0.2) is 9.18 Å². The van der Waals surface area contributed by atoms with Crippen LogP contribution in [0.15, 0.2) is 66.7 Å². The zero-order valence-corrected chi connectivity index (χ0v) is 27.6. The maximum Gasteiger partial charge on any atom is 0.416 e. The highest BCUT2D eigenvalue weighted by molar-refractivity contribution is 5.89. The van der Waals surface area contributed by atoms with Crippen LogP contribution in [0.25, 0.3) is 11.1 Å². The van der Waals surface area contributed by atoms with Crippen molar-refractivity contribution in [1.82, 2.24) is 9.80 Å². The molecule has 1 saturated carbocycles. The van der Waals surface area contributed by atoms with Crippen LogP contribution in [-0.2, 0) is 11.0 Å². The largest absolute Gasteiger partial charge is 0.497 e. The molecule has 0 aromatic heterocycles. The second-order valence-corrected chi connectivity index (χ2v) is 14.0. The number of carboxylic acid groups (broad SMARTS) is 1. The number of alkyl halides is 4. The lowest BCUT2D eigenvalue weighted by molar-refractivity contribution is -0.143. The van der Waals surface area contributed by atoms with E-state index >= 15 is 4.39 Å². The Bertz CT molecular complexity index is 1660. The molecule has 49 heavy (non-hydrogen) atoms. The first-order valence-electron chi connectivity index (χ1n) is 16.8. The molecule has 6 rings (SSSR count). The number of aliphatic hydroxyl groups excluding tert-OH is 1. The van der Waals surface area contributed by atoms with E-state index in [0.717, 1.165) is 37.8 Å². The van der Waals surface area contributed by atoms with Gasteiger partial charge in [0.2, 0.25) is 5.67 Å². The zero-order valence-electron chi connectivity index (χ0n) is 27.6. The summed E-state index contributed by atoms with van der Waals surface area (Å²) in [5.74, 6) is -2.52. The van der Waals surface area contributed by atoms with Gasteiger partial charge in [-0.2, -0.15) is 13.2 Å². The lowest BCUT2D eigenvalue weighted by atomic mass is 9.83. The molecule has 2 aliphatic heterocycles. The van der Waals surface area contributed by atoms with Gasteiger partial charge in [0.05, 0.1) is 18.2 Å². The van der Waals surface area contributed by atoms with E-state index in [0.29, 0.717) is 34.9 Å². The van der Waals surface area contributed by atoms with Crippen molar-refractivity contribution in [2.24, 2.45) is 11.8 Å². The van der Waals surface area contributed by atoms with Gasteiger partial charge in [0, 0.05) is 56.6 Å². The minimum Gasteiger partial charge on any atom is -0.497 e. The van der Waals surface area contributed by atoms with Gasteiger partial charge in [0.1, 0.15) is 5.75 Å². The molecule has 7 nitrogen and oxygen atoms in total. The maximum absolute atomic E-state index is 17.7. The first-order chi connectivity index (χ1) is 23.3. The molecule has 2 saturated heterocycles. The molecule has 0 radical (unpaired) electrons. The van der Waals surface area contributed by atoms with Crippen molar-refractivity contribution >= 4 is 11.9 Å². The Labute approximate surface area is 283 Å². The van der Waals surface area contributed by atoms with E-state index in [2.05, 4.69) is 11.8 Å². The predicted octanol–water partition coefficient (Wildman–Crippen LogP) is 7.00. The number of likely N-dealkylation sites (tertiary alicyclic amines) is 2. The van der Waals surface area contributed by atoms with E-state index in [1.165, 1.54) is 35.2 Å². The summed E-state index contributed by atoms with van der Waals surface area (Å²) >= 11 is 0. The number of halogens is 4. The summed E-state index contributed by atoms with van der Waals surface area (Å²) in [6, 6.07) is 16.2. The molecule has 2 N–H and O–H groups in total. The van der Waals surface area contributed by atoms with Crippen molar-refractivity contribution in [2.45, 2.75) is 62.3 Å². The van der Waals surface area contributed by atoms with Crippen molar-refractivity contribution in [1.29, 1.82) is 0 Å². The molecule has 3 aromatic rings. The Morgan fingerprint density at radius 1 is 0.939 bits per heavy atom. The highest BCUT2D eigenvalue weighted by Crippen LogP contribution is 2.47. The number of rotatable bonds is 8. The van der Waals surface area contributed by atoms with Gasteiger partial charge >= 0.3 is 12.1 Å². The first-order valence-corrected chi connectivity index (χ1v) is 16.8. The van der Waals surface area contributed by atoms with Crippen molar-refractivity contribution in [3.63, 3.8) is 0 Å². The number of amides is 1. The number of carbonyl (C=O) groups excluding carboxylic acids is 1. The molecule has 11 heteroatoms. The fourth-order valence-electron chi connectivity index (χ4n) is 8.09. The van der Waals surface area contributed by atoms with Crippen LogP contribution < -0.4 is 4.74 Å². The van der Waals surface area contributed by atoms with Gasteiger partial charge < -0.3 is 19.8 Å². The van der Waals surface area contributed by atoms with Crippen molar-refractivity contribution in [3.05, 3.63) is 89.0 Å². The Morgan fingerprint density at radius 2 is 1.61 bits per heavy atom. The lowest BCUT2D eigenvalue weighted by Gasteiger charge is -2.34. The Kier molecular flexibility index (Phi) is 9.79. The van der Waals surface area contributed by atoms with Crippen LogP contribution in [0.4, 0.5) is 17.6 Å². The van der Waals surface area contributed by atoms with E-state index in [1.54, 1.807) is 31.4 Å². The number of ether oxygens (including phenoxy) is 1. The van der Waals surface area contributed by atoms with Gasteiger partial charge in [-0.15, -0.1) is 0 Å². The molecule has 1 amide bonds. The fourth-order valence-corrected chi connectivity index (χ4v) is 8.09. The number of benzene rings is 3. The summed E-state index contributed by atoms with van der Waals surface area (Å²) < 4.78 is 64.6. The minimum absolute atomic E-state index is 0.0115. The average molecular weight is 683 g/mol. The Balaban J connectivity index is 1.33. The zero-order chi connectivity index (χ0) is 35.1. The topological polar surface area (TPSA) is 90.3 Å². The average Bonchev–Trinajstić information content (AvgIpc) is 3.69. The molecule has 0 bridgehead atoms. The molecule has 3 aromatic carbocycles. The van der Waals surface area contributed by atoms with Crippen LogP contribution in [0.3, 0.4) is 0 Å². The summed E-state index contributed by atoms with van der Waals surface area (Å²) in [5, 5.41) is 19.8. The number of aromatic carboxylic acids is 1. The second kappa shape index (κ2) is 13.7. The molecule has 1 aliphatic carbocycles. The van der Waals surface area contributed by atoms with Gasteiger partial charge in [-0.3, -0.25) is 9.69 Å². The van der Waals surface area contributed by atoms with Crippen LogP contribution in [0.1, 0.15) is 71.5 Å². The number of nitrogens with zero attached hydrogens (tertiary/aromatic N) is 2. The summed E-state index contributed by atoms with van der Waals surface area (Å²) in [7, 11) is 1.55. The van der Waals surface area contributed by atoms with E-state index in [-0.39, 0.29) is 43.4 Å². The van der Waals surface area contributed by atoms with Gasteiger partial charge in [-0.1, -0.05) is 37.3 Å². The molecule has 2 heterocycles. The van der Waals surface area contributed by atoms with E-state index in [1.807, 2.05) is 0 Å². The quantitative estimate of drug-likeness (QED) is 0.249. The number of carbonyl (C=O) groups is 2. The molecule has 3 fully saturated rings. The number of methoxy groups -OCH3 is 1. The van der Waals surface area contributed by atoms with E-state index in [4.69, 9.17) is 4.74 Å². The highest BCUT2D eigenvalue weighted by Gasteiger charge is 2.57. The predicted molar refractivity (Wildman–Crippen MR) is 176 cm³/mol. The summed E-state index contributed by atoms with van der Waals surface area (Å²) in [5.41, 5.74) is -1.43. The van der Waals surface area contributed by atoms with Crippen LogP contribution in [0.5, 0.6) is 5.75 Å². The molecule has 4 atom stereocenters. The monoisotopic (exact) mass is 682 g/mol. The summed E-state index contributed by atoms with van der Waals surface area (Å²) in [4.78, 5) is 29.4. The van der Waals surface area contributed by atoms with Gasteiger partial charge in [0.25, 0.3) is 5.91 Å². The van der Waals surface area contributed by atoms with Crippen LogP contribution in [0.2, 0.25) is 0 Å². The van der Waals surface area contributed by atoms with E-state index < -0.39 is 47.0 Å². The Morgan fingerprint density at radius 3 is 2.20 bits per heavy atom. The minimum atomic E-state index is -4.63. The molecule has 0 unspecified atom stereocenters. The first kappa shape index (κ1) is 34.9. The van der Waals surface area contributed by atoms with Crippen LogP contribution in [-0.4, -0.2) is 83.5 Å². The summed E-state index contributed by atoms with van der Waals surface area (Å²) in [6.07, 6.45) is -0.680. The SMILES string of the molecule is COc1ccc([C@@H]2CN(C3CCC(C)CC3)C[C@@]2(F)C(=O)N2C[C@H](CO)[C@@H](c3ccc(C(F)(F)F)cc3-c3ccc(C(=O)O)cc3)C2)cc1. The Hall–Kier alpha value is -3.96. The molecule has 3 aliphatic rings. The third-order valence-corrected chi connectivity index (χ3v) is 11.0. The van der Waals surface area contributed by atoms with Crippen LogP contribution >= 0.6 is 0 Å². The summed E-state index contributed by atoms with van der Waals surface area (Å²) in [6.45, 7) is 2.23. The molecule has 262 valence electrons. The lowest BCUT2D eigenvalue weighted by Crippen LogP contribution is -2.50.